The molecule has 0 saturated carbocycles. The summed E-state index contributed by atoms with van der Waals surface area (Å²) in [5.74, 6) is -1.19. The lowest BCUT2D eigenvalue weighted by Crippen LogP contribution is -2.44. The first-order valence-corrected chi connectivity index (χ1v) is 10.4. The fourth-order valence-electron chi connectivity index (χ4n) is 3.08. The van der Waals surface area contributed by atoms with Crippen LogP contribution in [-0.2, 0) is 14.2 Å². The van der Waals surface area contributed by atoms with E-state index in [9.17, 15) is 19.3 Å². The first-order chi connectivity index (χ1) is 11.0. The summed E-state index contributed by atoms with van der Waals surface area (Å²) in [4.78, 5) is 25.5. The highest BCUT2D eigenvalue weighted by molar-refractivity contribution is 7.46. The number of carboxylic acids is 1. The Bertz CT molecular complexity index is 415. The molecule has 0 aromatic rings. The average Bonchev–Trinajstić information content (AvgIpc) is 3.01. The summed E-state index contributed by atoms with van der Waals surface area (Å²) in [5, 5.41) is 18.0. The molecule has 0 radical (unpaired) electrons. The number of carbonyl (C=O) groups is 2. The van der Waals surface area contributed by atoms with Crippen molar-refractivity contribution in [2.45, 2.75) is 70.0 Å². The highest BCUT2D eigenvalue weighted by Crippen LogP contribution is 2.36. The molecule has 2 N–H and O–H groups in total. The maximum absolute atomic E-state index is 12.7. The van der Waals surface area contributed by atoms with E-state index in [1.165, 1.54) is 4.90 Å². The minimum atomic E-state index is -2.08. The van der Waals surface area contributed by atoms with Crippen LogP contribution >= 0.6 is 7.80 Å². The lowest BCUT2D eigenvalue weighted by molar-refractivity contribution is -0.148. The molecular formula is C16H30NO5P. The van der Waals surface area contributed by atoms with Gasteiger partial charge in [-0.1, -0.05) is 26.2 Å². The molecule has 1 heterocycles. The Balaban J connectivity index is 2.69. The smallest absolute Gasteiger partial charge is 0.326 e. The average molecular weight is 347 g/mol. The van der Waals surface area contributed by atoms with Crippen molar-refractivity contribution in [3.63, 3.8) is 0 Å². The molecule has 1 amide bonds. The Kier molecular flexibility index (Phi) is 9.49. The Labute approximate surface area is 139 Å². The molecule has 0 aromatic heterocycles. The number of unbranched alkanes of at least 4 members (excludes halogenated alkanes) is 3. The van der Waals surface area contributed by atoms with E-state index in [4.69, 9.17) is 5.11 Å². The summed E-state index contributed by atoms with van der Waals surface area (Å²) in [6, 6.07) is -0.754. The van der Waals surface area contributed by atoms with Gasteiger partial charge in [-0.25, -0.2) is 4.79 Å². The maximum Gasteiger partial charge on any atom is 0.326 e. The van der Waals surface area contributed by atoms with Gasteiger partial charge in [0.15, 0.2) is 0 Å². The van der Waals surface area contributed by atoms with E-state index in [1.807, 2.05) is 6.92 Å². The number of carboxylic acid groups (broad SMARTS) is 1. The molecule has 0 aromatic carbocycles. The van der Waals surface area contributed by atoms with E-state index in [1.54, 1.807) is 0 Å². The number of aliphatic carboxylic acids is 1. The quantitative estimate of drug-likeness (QED) is 0.442. The summed E-state index contributed by atoms with van der Waals surface area (Å²) in [6.07, 6.45) is 6.27. The number of aliphatic hydroxyl groups is 1. The van der Waals surface area contributed by atoms with Crippen LogP contribution < -0.4 is 0 Å². The van der Waals surface area contributed by atoms with Crippen LogP contribution in [0.1, 0.15) is 58.3 Å². The lowest BCUT2D eigenvalue weighted by atomic mass is 10.1. The van der Waals surface area contributed by atoms with Gasteiger partial charge in [0, 0.05) is 13.2 Å². The molecule has 0 spiro atoms. The van der Waals surface area contributed by atoms with Crippen molar-refractivity contribution < 1.29 is 24.4 Å². The van der Waals surface area contributed by atoms with Crippen LogP contribution in [0.5, 0.6) is 0 Å². The highest BCUT2D eigenvalue weighted by atomic mass is 31.1. The minimum Gasteiger partial charge on any atom is -0.480 e. The molecule has 1 aliphatic rings. The van der Waals surface area contributed by atoms with E-state index in [2.05, 4.69) is 0 Å². The molecule has 7 heteroatoms. The van der Waals surface area contributed by atoms with Gasteiger partial charge < -0.3 is 19.7 Å². The van der Waals surface area contributed by atoms with Gasteiger partial charge in [0.1, 0.15) is 6.04 Å². The molecule has 0 aliphatic carbocycles. The molecule has 23 heavy (non-hydrogen) atoms. The molecule has 6 nitrogen and oxygen atoms in total. The van der Waals surface area contributed by atoms with E-state index in [-0.39, 0.29) is 12.5 Å². The van der Waals surface area contributed by atoms with Crippen molar-refractivity contribution in [3.8, 4) is 0 Å². The molecule has 0 bridgehead atoms. The van der Waals surface area contributed by atoms with E-state index in [0.717, 1.165) is 25.7 Å². The second kappa shape index (κ2) is 10.8. The number of nitrogens with zero attached hydrogens (tertiary/aromatic N) is 1. The highest BCUT2D eigenvalue weighted by Gasteiger charge is 2.38. The minimum absolute atomic E-state index is 0.132. The predicted octanol–water partition coefficient (Wildman–Crippen LogP) is 2.34. The third kappa shape index (κ3) is 6.27. The zero-order valence-corrected chi connectivity index (χ0v) is 15.0. The van der Waals surface area contributed by atoms with Crippen LogP contribution in [0.3, 0.4) is 0 Å². The SMILES string of the molecule is CCCCC(C(=O)N1CCC[C@H]1C(=O)O)[PH](=O)CCCCCO. The third-order valence-corrected chi connectivity index (χ3v) is 6.59. The second-order valence-corrected chi connectivity index (χ2v) is 8.35. The monoisotopic (exact) mass is 347 g/mol. The van der Waals surface area contributed by atoms with E-state index in [0.29, 0.717) is 38.4 Å². The molecule has 2 unspecified atom stereocenters. The van der Waals surface area contributed by atoms with Gasteiger partial charge in [0.25, 0.3) is 0 Å². The molecule has 3 atom stereocenters. The zero-order chi connectivity index (χ0) is 17.2. The number of carbonyl (C=O) groups excluding carboxylic acids is 1. The van der Waals surface area contributed by atoms with Crippen LogP contribution in [-0.4, -0.2) is 58.0 Å². The maximum atomic E-state index is 12.7. The lowest BCUT2D eigenvalue weighted by Gasteiger charge is -2.26. The van der Waals surface area contributed by atoms with Gasteiger partial charge in [0.2, 0.25) is 5.91 Å². The van der Waals surface area contributed by atoms with Crippen molar-refractivity contribution in [3.05, 3.63) is 0 Å². The standard InChI is InChI=1S/C16H30NO5P/c1-2-3-9-14(23(22)12-6-4-5-11-18)15(19)17-10-7-8-13(17)16(20)21/h13-14,18,23H,2-12H2,1H3,(H,20,21)/t13-,14?/m0/s1. The second-order valence-electron chi connectivity index (χ2n) is 6.22. The van der Waals surface area contributed by atoms with Crippen LogP contribution in [0.2, 0.25) is 0 Å². The molecule has 1 saturated heterocycles. The van der Waals surface area contributed by atoms with Gasteiger partial charge in [0.05, 0.1) is 13.5 Å². The number of likely N-dealkylation sites (tertiary alicyclic amines) is 1. The molecular weight excluding hydrogens is 317 g/mol. The number of amides is 1. The van der Waals surface area contributed by atoms with Gasteiger partial charge in [-0.05, 0) is 38.3 Å². The summed E-state index contributed by atoms with van der Waals surface area (Å²) in [6.45, 7) is 2.61. The fraction of sp³-hybridized carbons (Fsp3) is 0.875. The fourth-order valence-corrected chi connectivity index (χ4v) is 4.99. The molecule has 1 fully saturated rings. The number of aliphatic hydroxyl groups excluding tert-OH is 1. The van der Waals surface area contributed by atoms with Crippen LogP contribution in [0, 0.1) is 0 Å². The summed E-state index contributed by atoms with van der Waals surface area (Å²) in [5.41, 5.74) is -0.519. The Morgan fingerprint density at radius 3 is 2.61 bits per heavy atom. The van der Waals surface area contributed by atoms with E-state index < -0.39 is 25.5 Å². The Hall–Kier alpha value is -0.870. The largest absolute Gasteiger partial charge is 0.480 e. The van der Waals surface area contributed by atoms with Crippen molar-refractivity contribution >= 4 is 19.7 Å². The summed E-state index contributed by atoms with van der Waals surface area (Å²) >= 11 is 0. The van der Waals surface area contributed by atoms with Gasteiger partial charge in [-0.3, -0.25) is 4.79 Å². The van der Waals surface area contributed by atoms with Crippen molar-refractivity contribution in [1.29, 1.82) is 0 Å². The van der Waals surface area contributed by atoms with Crippen molar-refractivity contribution in [1.82, 2.24) is 4.90 Å². The third-order valence-electron chi connectivity index (χ3n) is 4.44. The molecule has 1 rings (SSSR count). The van der Waals surface area contributed by atoms with E-state index >= 15 is 0 Å². The molecule has 134 valence electrons. The van der Waals surface area contributed by atoms with Crippen LogP contribution in [0.15, 0.2) is 0 Å². The van der Waals surface area contributed by atoms with Gasteiger partial charge in [-0.15, -0.1) is 0 Å². The predicted molar refractivity (Wildman–Crippen MR) is 90.5 cm³/mol. The molecule has 1 aliphatic heterocycles. The topological polar surface area (TPSA) is 94.9 Å². The van der Waals surface area contributed by atoms with Crippen molar-refractivity contribution in [2.75, 3.05) is 19.3 Å². The van der Waals surface area contributed by atoms with Crippen LogP contribution in [0.25, 0.3) is 0 Å². The number of hydrogen-bond acceptors (Lipinski definition) is 4. The van der Waals surface area contributed by atoms with Crippen LogP contribution in [0.4, 0.5) is 0 Å². The zero-order valence-electron chi connectivity index (χ0n) is 14.0. The Morgan fingerprint density at radius 2 is 2.00 bits per heavy atom. The number of rotatable bonds is 11. The first-order valence-electron chi connectivity index (χ1n) is 8.69. The van der Waals surface area contributed by atoms with Crippen molar-refractivity contribution in [2.24, 2.45) is 0 Å². The first kappa shape index (κ1) is 20.2. The Morgan fingerprint density at radius 1 is 1.26 bits per heavy atom. The number of hydrogen-bond donors (Lipinski definition) is 2. The van der Waals surface area contributed by atoms with Gasteiger partial charge >= 0.3 is 5.97 Å². The normalized spacial score (nSPS) is 20.4. The summed E-state index contributed by atoms with van der Waals surface area (Å²) < 4.78 is 12.6. The van der Waals surface area contributed by atoms with Gasteiger partial charge in [-0.2, -0.15) is 0 Å². The summed E-state index contributed by atoms with van der Waals surface area (Å²) in [7, 11) is -2.08.